The average Bonchev–Trinajstić information content (AvgIpc) is 2.40. The van der Waals surface area contributed by atoms with Crippen LogP contribution in [0.4, 0.5) is 0 Å². The Morgan fingerprint density at radius 2 is 2.24 bits per heavy atom. The van der Waals surface area contributed by atoms with Crippen LogP contribution in [0, 0.1) is 0 Å². The Labute approximate surface area is 103 Å². The van der Waals surface area contributed by atoms with Gasteiger partial charge in [-0.1, -0.05) is 18.2 Å². The summed E-state index contributed by atoms with van der Waals surface area (Å²) in [5.41, 5.74) is 7.32. The predicted octanol–water partition coefficient (Wildman–Crippen LogP) is 2.65. The van der Waals surface area contributed by atoms with Crippen LogP contribution in [0.2, 0.25) is 0 Å². The van der Waals surface area contributed by atoms with Gasteiger partial charge in [-0.25, -0.2) is 0 Å². The van der Waals surface area contributed by atoms with E-state index in [1.165, 1.54) is 12.8 Å². The fraction of sp³-hybridized carbons (Fsp3) is 0.571. The summed E-state index contributed by atoms with van der Waals surface area (Å²) in [7, 11) is 1.68. The second kappa shape index (κ2) is 6.03. The number of methoxy groups -OCH3 is 1. The summed E-state index contributed by atoms with van der Waals surface area (Å²) in [6, 6.07) is 7.95. The van der Waals surface area contributed by atoms with Crippen LogP contribution < -0.4 is 10.5 Å². The van der Waals surface area contributed by atoms with E-state index in [4.69, 9.17) is 15.2 Å². The molecule has 17 heavy (non-hydrogen) atoms. The summed E-state index contributed by atoms with van der Waals surface area (Å²) in [5, 5.41) is 0. The van der Waals surface area contributed by atoms with Crippen molar-refractivity contribution in [3.8, 4) is 5.75 Å². The van der Waals surface area contributed by atoms with Crippen molar-refractivity contribution in [3.05, 3.63) is 29.8 Å². The summed E-state index contributed by atoms with van der Waals surface area (Å²) in [4.78, 5) is 0. The fourth-order valence-electron chi connectivity index (χ4n) is 2.38. The third-order valence-electron chi connectivity index (χ3n) is 3.33. The van der Waals surface area contributed by atoms with Gasteiger partial charge in [0.15, 0.2) is 0 Å². The minimum atomic E-state index is -0.00532. The molecule has 0 saturated carbocycles. The lowest BCUT2D eigenvalue weighted by atomic mass is 9.97. The topological polar surface area (TPSA) is 44.5 Å². The molecule has 2 N–H and O–H groups in total. The van der Waals surface area contributed by atoms with Gasteiger partial charge in [-0.3, -0.25) is 0 Å². The summed E-state index contributed by atoms with van der Waals surface area (Å²) in [5.74, 6) is 0.871. The van der Waals surface area contributed by atoms with Crippen LogP contribution in [0.3, 0.4) is 0 Å². The lowest BCUT2D eigenvalue weighted by Crippen LogP contribution is -2.25. The van der Waals surface area contributed by atoms with E-state index in [9.17, 15) is 0 Å². The third-order valence-corrected chi connectivity index (χ3v) is 3.33. The molecule has 1 aromatic rings. The van der Waals surface area contributed by atoms with Crippen molar-refractivity contribution >= 4 is 0 Å². The molecule has 0 spiro atoms. The van der Waals surface area contributed by atoms with E-state index in [1.54, 1.807) is 7.11 Å². The summed E-state index contributed by atoms with van der Waals surface area (Å²) >= 11 is 0. The highest BCUT2D eigenvalue weighted by Crippen LogP contribution is 2.28. The van der Waals surface area contributed by atoms with E-state index < -0.39 is 0 Å². The van der Waals surface area contributed by atoms with Crippen LogP contribution in [-0.4, -0.2) is 19.8 Å². The molecule has 3 nitrogen and oxygen atoms in total. The molecule has 2 unspecified atom stereocenters. The maximum atomic E-state index is 6.24. The normalized spacial score (nSPS) is 22.1. The van der Waals surface area contributed by atoms with Crippen molar-refractivity contribution in [2.75, 3.05) is 13.7 Å². The first-order valence-corrected chi connectivity index (χ1v) is 6.31. The van der Waals surface area contributed by atoms with E-state index in [0.29, 0.717) is 6.10 Å². The molecular formula is C14H21NO2. The van der Waals surface area contributed by atoms with Gasteiger partial charge in [0, 0.05) is 18.2 Å². The van der Waals surface area contributed by atoms with Crippen LogP contribution in [0.15, 0.2) is 24.3 Å². The average molecular weight is 235 g/mol. The number of hydrogen-bond acceptors (Lipinski definition) is 3. The fourth-order valence-corrected chi connectivity index (χ4v) is 2.38. The van der Waals surface area contributed by atoms with Gasteiger partial charge in [-0.05, 0) is 31.7 Å². The molecule has 0 bridgehead atoms. The van der Waals surface area contributed by atoms with E-state index in [-0.39, 0.29) is 6.04 Å². The minimum Gasteiger partial charge on any atom is -0.496 e. The SMILES string of the molecule is COc1ccccc1C(N)CC1CCCCO1. The maximum Gasteiger partial charge on any atom is 0.123 e. The minimum absolute atomic E-state index is 0.00532. The molecule has 0 aliphatic carbocycles. The molecule has 1 aliphatic heterocycles. The predicted molar refractivity (Wildman–Crippen MR) is 68.1 cm³/mol. The number of hydrogen-bond donors (Lipinski definition) is 1. The van der Waals surface area contributed by atoms with Crippen molar-refractivity contribution in [2.45, 2.75) is 37.8 Å². The lowest BCUT2D eigenvalue weighted by Gasteiger charge is -2.26. The van der Waals surface area contributed by atoms with Gasteiger partial charge in [-0.2, -0.15) is 0 Å². The molecule has 1 saturated heterocycles. The molecule has 94 valence electrons. The zero-order valence-corrected chi connectivity index (χ0v) is 10.4. The number of rotatable bonds is 4. The Morgan fingerprint density at radius 1 is 1.41 bits per heavy atom. The highest BCUT2D eigenvalue weighted by molar-refractivity contribution is 5.35. The monoisotopic (exact) mass is 235 g/mol. The quantitative estimate of drug-likeness (QED) is 0.872. The molecule has 1 aromatic carbocycles. The summed E-state index contributed by atoms with van der Waals surface area (Å²) in [6.45, 7) is 0.878. The number of para-hydroxylation sites is 1. The van der Waals surface area contributed by atoms with Gasteiger partial charge < -0.3 is 15.2 Å². The molecule has 2 rings (SSSR count). The number of benzene rings is 1. The molecular weight excluding hydrogens is 214 g/mol. The molecule has 0 radical (unpaired) electrons. The van der Waals surface area contributed by atoms with Gasteiger partial charge in [0.2, 0.25) is 0 Å². The van der Waals surface area contributed by atoms with E-state index in [1.807, 2.05) is 24.3 Å². The first-order valence-electron chi connectivity index (χ1n) is 6.31. The first-order chi connectivity index (χ1) is 8.31. The van der Waals surface area contributed by atoms with Crippen LogP contribution >= 0.6 is 0 Å². The summed E-state index contributed by atoms with van der Waals surface area (Å²) in [6.07, 6.45) is 4.75. The molecule has 3 heteroatoms. The third kappa shape index (κ3) is 3.20. The molecule has 0 aromatic heterocycles. The van der Waals surface area contributed by atoms with Crippen molar-refractivity contribution in [2.24, 2.45) is 5.73 Å². The van der Waals surface area contributed by atoms with Crippen molar-refractivity contribution in [1.82, 2.24) is 0 Å². The lowest BCUT2D eigenvalue weighted by molar-refractivity contribution is 0.00720. The Kier molecular flexibility index (Phi) is 4.40. The van der Waals surface area contributed by atoms with E-state index in [0.717, 1.165) is 30.8 Å². The standard InChI is InChI=1S/C14H21NO2/c1-16-14-8-3-2-7-12(14)13(15)10-11-6-4-5-9-17-11/h2-3,7-8,11,13H,4-6,9-10,15H2,1H3. The smallest absolute Gasteiger partial charge is 0.123 e. The highest BCUT2D eigenvalue weighted by atomic mass is 16.5. The molecule has 2 atom stereocenters. The molecule has 1 aliphatic rings. The van der Waals surface area contributed by atoms with Crippen molar-refractivity contribution in [1.29, 1.82) is 0 Å². The molecule has 0 amide bonds. The van der Waals surface area contributed by atoms with Crippen LogP contribution in [-0.2, 0) is 4.74 Å². The molecule has 1 fully saturated rings. The van der Waals surface area contributed by atoms with E-state index in [2.05, 4.69) is 0 Å². The summed E-state index contributed by atoms with van der Waals surface area (Å²) < 4.78 is 11.1. The van der Waals surface area contributed by atoms with Crippen molar-refractivity contribution in [3.63, 3.8) is 0 Å². The van der Waals surface area contributed by atoms with Gasteiger partial charge >= 0.3 is 0 Å². The van der Waals surface area contributed by atoms with Crippen LogP contribution in [0.1, 0.15) is 37.3 Å². The zero-order chi connectivity index (χ0) is 12.1. The Balaban J connectivity index is 2.00. The number of nitrogens with two attached hydrogens (primary N) is 1. The Hall–Kier alpha value is -1.06. The Morgan fingerprint density at radius 3 is 2.94 bits per heavy atom. The number of ether oxygens (including phenoxy) is 2. The largest absolute Gasteiger partial charge is 0.496 e. The van der Waals surface area contributed by atoms with Crippen molar-refractivity contribution < 1.29 is 9.47 Å². The van der Waals surface area contributed by atoms with Crippen LogP contribution in [0.5, 0.6) is 5.75 Å². The second-order valence-corrected chi connectivity index (χ2v) is 4.57. The second-order valence-electron chi connectivity index (χ2n) is 4.57. The van der Waals surface area contributed by atoms with Gasteiger partial charge in [0.1, 0.15) is 5.75 Å². The van der Waals surface area contributed by atoms with Gasteiger partial charge in [0.25, 0.3) is 0 Å². The zero-order valence-electron chi connectivity index (χ0n) is 10.4. The van der Waals surface area contributed by atoms with Gasteiger partial charge in [-0.15, -0.1) is 0 Å². The molecule has 1 heterocycles. The maximum absolute atomic E-state index is 6.24. The highest BCUT2D eigenvalue weighted by Gasteiger charge is 2.20. The Bertz CT molecular complexity index is 348. The van der Waals surface area contributed by atoms with E-state index >= 15 is 0 Å². The van der Waals surface area contributed by atoms with Gasteiger partial charge in [0.05, 0.1) is 13.2 Å². The van der Waals surface area contributed by atoms with Crippen LogP contribution in [0.25, 0.3) is 0 Å². The first kappa shape index (κ1) is 12.4.